The van der Waals surface area contributed by atoms with Crippen LogP contribution in [-0.2, 0) is 0 Å². The minimum atomic E-state index is -0.630. The molecular formula is C6H7NO4. The van der Waals surface area contributed by atoms with E-state index in [9.17, 15) is 10.1 Å². The molecule has 0 aliphatic heterocycles. The van der Waals surface area contributed by atoms with E-state index in [-0.39, 0.29) is 16.9 Å². The highest BCUT2D eigenvalue weighted by atomic mass is 16.6. The Hall–Kier alpha value is -1.62. The Kier molecular flexibility index (Phi) is 3.01. The van der Waals surface area contributed by atoms with Gasteiger partial charge in [-0.3, -0.25) is 10.1 Å². The van der Waals surface area contributed by atoms with E-state index in [0.717, 1.165) is 0 Å². The van der Waals surface area contributed by atoms with Gasteiger partial charge in [-0.2, -0.15) is 0 Å². The van der Waals surface area contributed by atoms with Crippen LogP contribution in [0.2, 0.25) is 0 Å². The molecule has 1 aromatic carbocycles. The molecule has 0 aromatic heterocycles. The van der Waals surface area contributed by atoms with E-state index in [1.807, 2.05) is 0 Å². The minimum Gasteiger partial charge on any atom is -0.502 e. The topological polar surface area (TPSA) is 94.9 Å². The summed E-state index contributed by atoms with van der Waals surface area (Å²) < 4.78 is 0. The largest absolute Gasteiger partial charge is 0.502 e. The van der Waals surface area contributed by atoms with Crippen molar-refractivity contribution in [2.75, 3.05) is 0 Å². The summed E-state index contributed by atoms with van der Waals surface area (Å²) in [4.78, 5) is 9.44. The highest BCUT2D eigenvalue weighted by molar-refractivity contribution is 5.44. The second-order valence-electron chi connectivity index (χ2n) is 1.75. The third kappa shape index (κ3) is 1.91. The Bertz CT molecular complexity index is 261. The van der Waals surface area contributed by atoms with E-state index < -0.39 is 4.92 Å². The maximum atomic E-state index is 10.1. The van der Waals surface area contributed by atoms with Gasteiger partial charge in [0.05, 0.1) is 4.92 Å². The van der Waals surface area contributed by atoms with Crippen molar-refractivity contribution in [2.45, 2.75) is 0 Å². The predicted octanol–water partition coefficient (Wildman–Crippen LogP) is 0.476. The fourth-order valence-electron chi connectivity index (χ4n) is 0.619. The van der Waals surface area contributed by atoms with Gasteiger partial charge in [-0.1, -0.05) is 12.1 Å². The predicted molar refractivity (Wildman–Crippen MR) is 38.4 cm³/mol. The van der Waals surface area contributed by atoms with Gasteiger partial charge in [0, 0.05) is 6.07 Å². The highest BCUT2D eigenvalue weighted by Gasteiger charge is 2.09. The fourth-order valence-corrected chi connectivity index (χ4v) is 0.619. The molecule has 3 N–H and O–H groups in total. The number of hydrogen-bond acceptors (Lipinski definition) is 3. The second kappa shape index (κ2) is 3.52. The first kappa shape index (κ1) is 9.38. The Morgan fingerprint density at radius 1 is 1.36 bits per heavy atom. The van der Waals surface area contributed by atoms with Crippen molar-refractivity contribution in [2.24, 2.45) is 0 Å². The van der Waals surface area contributed by atoms with E-state index in [4.69, 9.17) is 5.11 Å². The summed E-state index contributed by atoms with van der Waals surface area (Å²) in [5.74, 6) is -0.299. The van der Waals surface area contributed by atoms with E-state index in [1.54, 1.807) is 0 Å². The zero-order chi connectivity index (χ0) is 7.56. The van der Waals surface area contributed by atoms with Gasteiger partial charge < -0.3 is 10.6 Å². The zero-order valence-electron chi connectivity index (χ0n) is 5.52. The standard InChI is InChI=1S/C6H5NO3.H2O/c8-6-4-2-1-3-5(6)7(9)10;/h1-4,8H;1H2. The molecule has 0 saturated carbocycles. The average molecular weight is 157 g/mol. The number of phenols is 1. The molecule has 0 heterocycles. The molecule has 0 aliphatic carbocycles. The number of hydrogen-bond donors (Lipinski definition) is 1. The van der Waals surface area contributed by atoms with Crippen molar-refractivity contribution < 1.29 is 15.5 Å². The van der Waals surface area contributed by atoms with Crippen molar-refractivity contribution >= 4 is 5.69 Å². The zero-order valence-corrected chi connectivity index (χ0v) is 5.52. The van der Waals surface area contributed by atoms with Gasteiger partial charge in [0.15, 0.2) is 5.75 Å². The number of nitro groups is 1. The van der Waals surface area contributed by atoms with Gasteiger partial charge in [-0.25, -0.2) is 0 Å². The van der Waals surface area contributed by atoms with E-state index in [2.05, 4.69) is 0 Å². The Morgan fingerprint density at radius 3 is 2.27 bits per heavy atom. The summed E-state index contributed by atoms with van der Waals surface area (Å²) in [6.07, 6.45) is 0. The van der Waals surface area contributed by atoms with Gasteiger partial charge in [0.2, 0.25) is 0 Å². The van der Waals surface area contributed by atoms with E-state index >= 15 is 0 Å². The number of benzene rings is 1. The number of para-hydroxylation sites is 2. The van der Waals surface area contributed by atoms with Crippen molar-refractivity contribution in [3.05, 3.63) is 34.4 Å². The van der Waals surface area contributed by atoms with Gasteiger partial charge in [0.1, 0.15) is 0 Å². The van der Waals surface area contributed by atoms with E-state index in [0.29, 0.717) is 0 Å². The molecule has 1 rings (SSSR count). The van der Waals surface area contributed by atoms with Crippen LogP contribution >= 0.6 is 0 Å². The second-order valence-corrected chi connectivity index (χ2v) is 1.75. The third-order valence-corrected chi connectivity index (χ3v) is 1.08. The first-order valence-electron chi connectivity index (χ1n) is 2.64. The molecule has 60 valence electrons. The molecule has 0 saturated heterocycles. The molecule has 1 aromatic rings. The molecule has 0 bridgehead atoms. The van der Waals surface area contributed by atoms with Crippen LogP contribution in [0.15, 0.2) is 24.3 Å². The smallest absolute Gasteiger partial charge is 0.310 e. The highest BCUT2D eigenvalue weighted by Crippen LogP contribution is 2.23. The number of nitrogens with zero attached hydrogens (tertiary/aromatic N) is 1. The molecular weight excluding hydrogens is 150 g/mol. The summed E-state index contributed by atoms with van der Waals surface area (Å²) in [6, 6.07) is 5.55. The number of rotatable bonds is 1. The minimum absolute atomic E-state index is 0. The van der Waals surface area contributed by atoms with Gasteiger partial charge in [0.25, 0.3) is 0 Å². The SMILES string of the molecule is O.O=[N+]([O-])c1ccccc1O. The molecule has 0 spiro atoms. The van der Waals surface area contributed by atoms with Gasteiger partial charge in [-0.15, -0.1) is 0 Å². The van der Waals surface area contributed by atoms with Crippen molar-refractivity contribution in [1.82, 2.24) is 0 Å². The lowest BCUT2D eigenvalue weighted by Gasteiger charge is -1.91. The lowest BCUT2D eigenvalue weighted by molar-refractivity contribution is -0.385. The Labute approximate surface area is 62.4 Å². The molecule has 5 heteroatoms. The van der Waals surface area contributed by atoms with Crippen molar-refractivity contribution in [3.63, 3.8) is 0 Å². The Balaban J connectivity index is 0.000001000. The maximum absolute atomic E-state index is 10.1. The van der Waals surface area contributed by atoms with Gasteiger partial charge in [-0.05, 0) is 6.07 Å². The molecule has 0 fully saturated rings. The number of phenolic OH excluding ortho intramolecular Hbond substituents is 1. The van der Waals surface area contributed by atoms with E-state index in [1.165, 1.54) is 24.3 Å². The quantitative estimate of drug-likeness (QED) is 0.474. The molecule has 0 radical (unpaired) electrons. The van der Waals surface area contributed by atoms with Crippen LogP contribution in [-0.4, -0.2) is 15.5 Å². The van der Waals surface area contributed by atoms with Crippen LogP contribution in [0.3, 0.4) is 0 Å². The molecule has 0 amide bonds. The van der Waals surface area contributed by atoms with Crippen molar-refractivity contribution in [1.29, 1.82) is 0 Å². The Morgan fingerprint density at radius 2 is 1.91 bits per heavy atom. The van der Waals surface area contributed by atoms with Crippen LogP contribution in [0, 0.1) is 10.1 Å². The maximum Gasteiger partial charge on any atom is 0.310 e. The van der Waals surface area contributed by atoms with Crippen LogP contribution in [0.4, 0.5) is 5.69 Å². The average Bonchev–Trinajstić information content (AvgIpc) is 1.88. The van der Waals surface area contributed by atoms with Gasteiger partial charge >= 0.3 is 5.69 Å². The summed E-state index contributed by atoms with van der Waals surface area (Å²) in [5.41, 5.74) is -0.262. The molecule has 0 unspecified atom stereocenters. The van der Waals surface area contributed by atoms with Crippen LogP contribution in [0.25, 0.3) is 0 Å². The normalized spacial score (nSPS) is 8.36. The first-order chi connectivity index (χ1) is 4.72. The fraction of sp³-hybridized carbons (Fsp3) is 0. The lowest BCUT2D eigenvalue weighted by Crippen LogP contribution is -1.86. The van der Waals surface area contributed by atoms with Crippen LogP contribution in [0.5, 0.6) is 5.75 Å². The van der Waals surface area contributed by atoms with Crippen molar-refractivity contribution in [3.8, 4) is 5.75 Å². The van der Waals surface area contributed by atoms with Crippen LogP contribution in [0.1, 0.15) is 0 Å². The summed E-state index contributed by atoms with van der Waals surface area (Å²) in [6.45, 7) is 0. The molecule has 11 heavy (non-hydrogen) atoms. The summed E-state index contributed by atoms with van der Waals surface area (Å²) in [5, 5.41) is 18.9. The lowest BCUT2D eigenvalue weighted by atomic mass is 10.3. The number of nitro benzene ring substituents is 1. The summed E-state index contributed by atoms with van der Waals surface area (Å²) in [7, 11) is 0. The monoisotopic (exact) mass is 157 g/mol. The molecule has 5 nitrogen and oxygen atoms in total. The summed E-state index contributed by atoms with van der Waals surface area (Å²) >= 11 is 0. The third-order valence-electron chi connectivity index (χ3n) is 1.08. The van der Waals surface area contributed by atoms with Crippen LogP contribution < -0.4 is 0 Å². The molecule has 0 aliphatic rings. The number of aromatic hydroxyl groups is 1. The molecule has 0 atom stereocenters. The first-order valence-corrected chi connectivity index (χ1v) is 2.64.